The Morgan fingerprint density at radius 3 is 2.67 bits per heavy atom. The summed E-state index contributed by atoms with van der Waals surface area (Å²) in [6.45, 7) is 9.43. The predicted molar refractivity (Wildman–Crippen MR) is 97.1 cm³/mol. The summed E-state index contributed by atoms with van der Waals surface area (Å²) in [5, 5.41) is 9.88. The minimum Gasteiger partial charge on any atom is -0.396 e. The van der Waals surface area contributed by atoms with Crippen molar-refractivity contribution in [3.05, 3.63) is 35.0 Å². The first kappa shape index (κ1) is 18.5. The molecule has 0 saturated carbocycles. The first-order valence-corrected chi connectivity index (χ1v) is 8.92. The molecule has 0 bridgehead atoms. The summed E-state index contributed by atoms with van der Waals surface area (Å²) in [5.41, 5.74) is 1.50. The molecule has 0 saturated heterocycles. The van der Waals surface area contributed by atoms with Crippen LogP contribution in [0.1, 0.15) is 42.6 Å². The van der Waals surface area contributed by atoms with Crippen LogP contribution in [0.4, 0.5) is 0 Å². The van der Waals surface area contributed by atoms with Crippen LogP contribution in [0.3, 0.4) is 0 Å². The van der Waals surface area contributed by atoms with Crippen molar-refractivity contribution >= 4 is 17.2 Å². The minimum absolute atomic E-state index is 0.00642. The van der Waals surface area contributed by atoms with Crippen LogP contribution in [0.2, 0.25) is 0 Å². The zero-order valence-electron chi connectivity index (χ0n) is 14.7. The molecule has 1 N–H and O–H groups in total. The Morgan fingerprint density at radius 1 is 1.33 bits per heavy atom. The van der Waals surface area contributed by atoms with Gasteiger partial charge < -0.3 is 10.0 Å². The average molecular weight is 347 g/mol. The zero-order valence-corrected chi connectivity index (χ0v) is 15.6. The van der Waals surface area contributed by atoms with Gasteiger partial charge >= 0.3 is 0 Å². The number of aliphatic hydroxyl groups is 1. The van der Waals surface area contributed by atoms with Gasteiger partial charge in [0.1, 0.15) is 9.88 Å². The van der Waals surface area contributed by atoms with E-state index in [1.54, 1.807) is 6.20 Å². The highest BCUT2D eigenvalue weighted by molar-refractivity contribution is 7.17. The molecular weight excluding hydrogens is 322 g/mol. The molecule has 0 fully saturated rings. The van der Waals surface area contributed by atoms with Crippen LogP contribution in [0, 0.1) is 12.3 Å². The molecule has 0 aliphatic heterocycles. The normalized spacial score (nSPS) is 11.5. The van der Waals surface area contributed by atoms with Crippen LogP contribution in [-0.2, 0) is 0 Å². The number of amides is 1. The smallest absolute Gasteiger partial charge is 0.265 e. The third-order valence-corrected chi connectivity index (χ3v) is 4.58. The largest absolute Gasteiger partial charge is 0.396 e. The van der Waals surface area contributed by atoms with Crippen molar-refractivity contribution in [1.82, 2.24) is 14.9 Å². The summed E-state index contributed by atoms with van der Waals surface area (Å²) < 4.78 is 0. The van der Waals surface area contributed by atoms with Gasteiger partial charge in [-0.2, -0.15) is 0 Å². The van der Waals surface area contributed by atoms with Crippen LogP contribution >= 0.6 is 11.3 Å². The fourth-order valence-electron chi connectivity index (χ4n) is 2.42. The van der Waals surface area contributed by atoms with Crippen molar-refractivity contribution in [3.63, 3.8) is 0 Å². The van der Waals surface area contributed by atoms with Gasteiger partial charge in [0, 0.05) is 25.9 Å². The molecule has 1 amide bonds. The van der Waals surface area contributed by atoms with Crippen molar-refractivity contribution in [3.8, 4) is 10.7 Å². The van der Waals surface area contributed by atoms with Gasteiger partial charge in [-0.1, -0.05) is 26.8 Å². The number of aliphatic hydroxyl groups excluding tert-OH is 1. The van der Waals surface area contributed by atoms with Gasteiger partial charge in [-0.05, 0) is 30.9 Å². The Labute approximate surface area is 147 Å². The van der Waals surface area contributed by atoms with E-state index in [0.717, 1.165) is 16.4 Å². The number of carbonyl (C=O) groups excluding carboxylic acids is 1. The summed E-state index contributed by atoms with van der Waals surface area (Å²) in [7, 11) is 0. The van der Waals surface area contributed by atoms with Gasteiger partial charge in [0.05, 0.1) is 11.4 Å². The first-order chi connectivity index (χ1) is 11.3. The van der Waals surface area contributed by atoms with Gasteiger partial charge in [-0.25, -0.2) is 4.98 Å². The van der Waals surface area contributed by atoms with E-state index >= 15 is 0 Å². The fraction of sp³-hybridized carbons (Fsp3) is 0.500. The molecule has 2 heterocycles. The Balaban J connectivity index is 2.27. The zero-order chi connectivity index (χ0) is 17.7. The van der Waals surface area contributed by atoms with Crippen LogP contribution in [0.15, 0.2) is 24.4 Å². The molecule has 0 radical (unpaired) electrons. The number of aryl methyl sites for hydroxylation is 1. The Kier molecular flexibility index (Phi) is 6.07. The van der Waals surface area contributed by atoms with Crippen molar-refractivity contribution in [2.45, 2.75) is 34.1 Å². The maximum Gasteiger partial charge on any atom is 0.265 e. The third-order valence-electron chi connectivity index (χ3n) is 3.41. The van der Waals surface area contributed by atoms with E-state index in [0.29, 0.717) is 24.4 Å². The summed E-state index contributed by atoms with van der Waals surface area (Å²) in [6, 6.07) is 5.66. The Morgan fingerprint density at radius 2 is 2.08 bits per heavy atom. The van der Waals surface area contributed by atoms with Gasteiger partial charge in [0.15, 0.2) is 0 Å². The van der Waals surface area contributed by atoms with Crippen LogP contribution in [0.5, 0.6) is 0 Å². The molecule has 0 aromatic carbocycles. The van der Waals surface area contributed by atoms with Gasteiger partial charge in [-0.15, -0.1) is 11.3 Å². The number of nitrogens with zero attached hydrogens (tertiary/aromatic N) is 3. The highest BCUT2D eigenvalue weighted by Gasteiger charge is 2.25. The van der Waals surface area contributed by atoms with Gasteiger partial charge in [-0.3, -0.25) is 9.78 Å². The maximum absolute atomic E-state index is 13.0. The lowest BCUT2D eigenvalue weighted by Gasteiger charge is -2.29. The third kappa shape index (κ3) is 4.85. The Hall–Kier alpha value is -1.79. The standard InChI is InChI=1S/C18H25N3O2S/c1-13-15(24-16(20-13)14-8-5-6-9-19-14)17(23)21(10-7-11-22)12-18(2,3)4/h5-6,8-9,22H,7,10-12H2,1-4H3. The SMILES string of the molecule is Cc1nc(-c2ccccn2)sc1C(=O)N(CCCO)CC(C)(C)C. The quantitative estimate of drug-likeness (QED) is 0.870. The number of aromatic nitrogens is 2. The van der Waals surface area contributed by atoms with Gasteiger partial charge in [0.25, 0.3) is 5.91 Å². The van der Waals surface area contributed by atoms with Crippen LogP contribution in [0.25, 0.3) is 10.7 Å². The molecule has 6 heteroatoms. The number of hydrogen-bond donors (Lipinski definition) is 1. The van der Waals surface area contributed by atoms with E-state index in [1.165, 1.54) is 11.3 Å². The molecule has 2 rings (SSSR count). The lowest BCUT2D eigenvalue weighted by molar-refractivity contribution is 0.0686. The van der Waals surface area contributed by atoms with Crippen LogP contribution < -0.4 is 0 Å². The van der Waals surface area contributed by atoms with E-state index in [-0.39, 0.29) is 17.9 Å². The minimum atomic E-state index is -0.0180. The second kappa shape index (κ2) is 7.85. The molecule has 24 heavy (non-hydrogen) atoms. The van der Waals surface area contributed by atoms with Crippen molar-refractivity contribution in [2.24, 2.45) is 5.41 Å². The summed E-state index contributed by atoms with van der Waals surface area (Å²) in [5.74, 6) is -0.0180. The Bertz CT molecular complexity index is 677. The molecule has 2 aromatic heterocycles. The summed E-state index contributed by atoms with van der Waals surface area (Å²) in [4.78, 5) is 24.3. The van der Waals surface area contributed by atoms with Crippen molar-refractivity contribution in [1.29, 1.82) is 0 Å². The molecule has 0 aliphatic rings. The van der Waals surface area contributed by atoms with E-state index in [1.807, 2.05) is 30.0 Å². The molecule has 130 valence electrons. The maximum atomic E-state index is 13.0. The van der Waals surface area contributed by atoms with E-state index in [2.05, 4.69) is 30.7 Å². The number of rotatable bonds is 6. The molecule has 5 nitrogen and oxygen atoms in total. The average Bonchev–Trinajstić information content (AvgIpc) is 2.92. The number of hydrogen-bond acceptors (Lipinski definition) is 5. The molecular formula is C18H25N3O2S. The number of carbonyl (C=O) groups is 1. The second-order valence-electron chi connectivity index (χ2n) is 7.01. The van der Waals surface area contributed by atoms with E-state index < -0.39 is 0 Å². The second-order valence-corrected chi connectivity index (χ2v) is 8.01. The summed E-state index contributed by atoms with van der Waals surface area (Å²) in [6.07, 6.45) is 2.30. The van der Waals surface area contributed by atoms with E-state index in [4.69, 9.17) is 5.11 Å². The lowest BCUT2D eigenvalue weighted by atomic mass is 9.96. The monoisotopic (exact) mass is 347 g/mol. The van der Waals surface area contributed by atoms with Crippen molar-refractivity contribution < 1.29 is 9.90 Å². The first-order valence-electron chi connectivity index (χ1n) is 8.11. The topological polar surface area (TPSA) is 66.3 Å². The number of thiazole rings is 1. The predicted octanol–water partition coefficient (Wildman–Crippen LogP) is 3.38. The summed E-state index contributed by atoms with van der Waals surface area (Å²) >= 11 is 1.38. The highest BCUT2D eigenvalue weighted by Crippen LogP contribution is 2.28. The van der Waals surface area contributed by atoms with Crippen LogP contribution in [-0.4, -0.2) is 45.6 Å². The molecule has 2 aromatic rings. The number of pyridine rings is 1. The fourth-order valence-corrected chi connectivity index (χ4v) is 3.43. The van der Waals surface area contributed by atoms with Crippen molar-refractivity contribution in [2.75, 3.05) is 19.7 Å². The van der Waals surface area contributed by atoms with Gasteiger partial charge in [0.2, 0.25) is 0 Å². The molecule has 0 unspecified atom stereocenters. The molecule has 0 aliphatic carbocycles. The lowest BCUT2D eigenvalue weighted by Crippen LogP contribution is -2.38. The highest BCUT2D eigenvalue weighted by atomic mass is 32.1. The molecule has 0 atom stereocenters. The van der Waals surface area contributed by atoms with E-state index in [9.17, 15) is 4.79 Å². The molecule has 0 spiro atoms.